The smallest absolute Gasteiger partial charge is 0.359 e. The van der Waals surface area contributed by atoms with Crippen molar-refractivity contribution >= 4 is 17.7 Å². The van der Waals surface area contributed by atoms with Gasteiger partial charge in [0, 0.05) is 19.6 Å². The summed E-state index contributed by atoms with van der Waals surface area (Å²) in [7, 11) is 0. The number of hydrogen-bond donors (Lipinski definition) is 1. The minimum atomic E-state index is -0.629. The molecule has 1 aromatic heterocycles. The number of amides is 1. The number of ether oxygens (including phenoxy) is 1. The van der Waals surface area contributed by atoms with E-state index in [1.54, 1.807) is 12.1 Å². The van der Waals surface area contributed by atoms with Gasteiger partial charge in [0.05, 0.1) is 0 Å². The van der Waals surface area contributed by atoms with E-state index in [0.717, 1.165) is 51.0 Å². The molecular weight excluding hydrogens is 332 g/mol. The number of anilines is 1. The maximum atomic E-state index is 12.0. The summed E-state index contributed by atoms with van der Waals surface area (Å²) >= 11 is 0. The van der Waals surface area contributed by atoms with Crippen LogP contribution in [-0.4, -0.2) is 48.3 Å². The Labute approximate surface area is 153 Å². The zero-order valence-corrected chi connectivity index (χ0v) is 15.1. The van der Waals surface area contributed by atoms with Gasteiger partial charge in [0.15, 0.2) is 18.1 Å². The topological polar surface area (TPSA) is 84.4 Å². The van der Waals surface area contributed by atoms with Crippen molar-refractivity contribution in [1.29, 1.82) is 0 Å². The summed E-state index contributed by atoms with van der Waals surface area (Å²) in [6.45, 7) is 2.21. The van der Waals surface area contributed by atoms with Crippen molar-refractivity contribution in [3.63, 3.8) is 0 Å². The van der Waals surface area contributed by atoms with Crippen LogP contribution in [0.3, 0.4) is 0 Å². The van der Waals surface area contributed by atoms with Crippen LogP contribution in [0.2, 0.25) is 0 Å². The summed E-state index contributed by atoms with van der Waals surface area (Å²) in [5.74, 6) is -0.152. The second-order valence-corrected chi connectivity index (χ2v) is 6.76. The van der Waals surface area contributed by atoms with Crippen LogP contribution >= 0.6 is 0 Å². The van der Waals surface area contributed by atoms with Crippen molar-refractivity contribution in [1.82, 2.24) is 15.5 Å². The highest BCUT2D eigenvalue weighted by Gasteiger charge is 2.16. The number of carbonyl (C=O) groups is 2. The molecule has 2 heterocycles. The van der Waals surface area contributed by atoms with Gasteiger partial charge in [-0.2, -0.15) is 0 Å². The molecule has 0 radical (unpaired) electrons. The van der Waals surface area contributed by atoms with Gasteiger partial charge in [-0.3, -0.25) is 4.79 Å². The third kappa shape index (κ3) is 5.28. The van der Waals surface area contributed by atoms with Gasteiger partial charge < -0.3 is 15.0 Å². The number of carbonyl (C=O) groups excluding carboxylic acids is 2. The lowest BCUT2D eigenvalue weighted by Gasteiger charge is -2.15. The number of nitrogens with one attached hydrogen (secondary N) is 1. The first-order valence-electron chi connectivity index (χ1n) is 9.43. The van der Waals surface area contributed by atoms with Gasteiger partial charge in [0.2, 0.25) is 0 Å². The van der Waals surface area contributed by atoms with Gasteiger partial charge in [-0.05, 0) is 57.1 Å². The second-order valence-electron chi connectivity index (χ2n) is 6.76. The van der Waals surface area contributed by atoms with Crippen molar-refractivity contribution in [3.05, 3.63) is 29.5 Å². The van der Waals surface area contributed by atoms with Crippen molar-refractivity contribution in [3.8, 4) is 0 Å². The Kier molecular flexibility index (Phi) is 6.57. The van der Waals surface area contributed by atoms with E-state index in [1.165, 1.54) is 18.4 Å². The van der Waals surface area contributed by atoms with Crippen LogP contribution in [0.15, 0.2) is 23.8 Å². The molecule has 7 heteroatoms. The number of hydrogen-bond acceptors (Lipinski definition) is 6. The van der Waals surface area contributed by atoms with Gasteiger partial charge in [0.25, 0.3) is 5.91 Å². The molecule has 1 N–H and O–H groups in total. The van der Waals surface area contributed by atoms with Crippen molar-refractivity contribution in [2.45, 2.75) is 44.9 Å². The second kappa shape index (κ2) is 9.31. The average Bonchev–Trinajstić information content (AvgIpc) is 3.22. The minimum Gasteiger partial charge on any atom is -0.451 e. The fourth-order valence-corrected chi connectivity index (χ4v) is 3.30. The van der Waals surface area contributed by atoms with Crippen molar-refractivity contribution in [2.75, 3.05) is 31.1 Å². The van der Waals surface area contributed by atoms with E-state index < -0.39 is 5.97 Å². The lowest BCUT2D eigenvalue weighted by Crippen LogP contribution is -2.30. The SMILES string of the molecule is O=C(COC(=O)c1ccc(N2CCCC2)nn1)NCCC1=CCCCC1. The number of aromatic nitrogens is 2. The summed E-state index contributed by atoms with van der Waals surface area (Å²) < 4.78 is 5.02. The highest BCUT2D eigenvalue weighted by Crippen LogP contribution is 2.19. The molecule has 0 saturated carbocycles. The molecule has 0 bridgehead atoms. The average molecular weight is 358 g/mol. The molecule has 26 heavy (non-hydrogen) atoms. The number of esters is 1. The summed E-state index contributed by atoms with van der Waals surface area (Å²) in [5, 5.41) is 10.8. The standard InChI is InChI=1S/C19H26N4O3/c24-18(20-11-10-15-6-2-1-3-7-15)14-26-19(25)16-8-9-17(22-21-16)23-12-4-5-13-23/h6,8-9H,1-5,7,10-14H2,(H,20,24). The molecule has 0 atom stereocenters. The van der Waals surface area contributed by atoms with Gasteiger partial charge in [-0.25, -0.2) is 4.79 Å². The molecule has 2 aliphatic rings. The van der Waals surface area contributed by atoms with E-state index in [0.29, 0.717) is 6.54 Å². The van der Waals surface area contributed by atoms with E-state index in [2.05, 4.69) is 26.5 Å². The Morgan fingerprint density at radius 1 is 1.12 bits per heavy atom. The normalized spacial score (nSPS) is 16.9. The lowest BCUT2D eigenvalue weighted by atomic mass is 9.97. The third-order valence-corrected chi connectivity index (χ3v) is 4.78. The van der Waals surface area contributed by atoms with Gasteiger partial charge in [-0.15, -0.1) is 10.2 Å². The predicted octanol–water partition coefficient (Wildman–Crippen LogP) is 2.24. The molecule has 1 aromatic rings. The Hall–Kier alpha value is -2.44. The zero-order valence-electron chi connectivity index (χ0n) is 15.1. The van der Waals surface area contributed by atoms with Crippen LogP contribution in [-0.2, 0) is 9.53 Å². The molecule has 0 unspecified atom stereocenters. The van der Waals surface area contributed by atoms with Crippen LogP contribution in [0.4, 0.5) is 5.82 Å². The lowest BCUT2D eigenvalue weighted by molar-refractivity contribution is -0.124. The van der Waals surface area contributed by atoms with Crippen LogP contribution in [0.25, 0.3) is 0 Å². The monoisotopic (exact) mass is 358 g/mol. The number of rotatable bonds is 7. The fraction of sp³-hybridized carbons (Fsp3) is 0.579. The van der Waals surface area contributed by atoms with Crippen LogP contribution in [0, 0.1) is 0 Å². The maximum Gasteiger partial charge on any atom is 0.359 e. The van der Waals surface area contributed by atoms with E-state index in [9.17, 15) is 9.59 Å². The maximum absolute atomic E-state index is 12.0. The highest BCUT2D eigenvalue weighted by molar-refractivity contribution is 5.89. The van der Waals surface area contributed by atoms with E-state index in [4.69, 9.17) is 4.74 Å². The summed E-state index contributed by atoms with van der Waals surface area (Å²) in [6, 6.07) is 3.36. The van der Waals surface area contributed by atoms with Crippen LogP contribution < -0.4 is 10.2 Å². The molecule has 1 aliphatic heterocycles. The highest BCUT2D eigenvalue weighted by atomic mass is 16.5. The first-order valence-corrected chi connectivity index (χ1v) is 9.43. The molecule has 1 fully saturated rings. The van der Waals surface area contributed by atoms with Gasteiger partial charge >= 0.3 is 5.97 Å². The summed E-state index contributed by atoms with van der Waals surface area (Å²) in [4.78, 5) is 25.9. The van der Waals surface area contributed by atoms with E-state index >= 15 is 0 Å². The van der Waals surface area contributed by atoms with E-state index in [-0.39, 0.29) is 18.2 Å². The molecule has 1 aliphatic carbocycles. The molecule has 1 saturated heterocycles. The van der Waals surface area contributed by atoms with Gasteiger partial charge in [-0.1, -0.05) is 11.6 Å². The molecule has 0 spiro atoms. The van der Waals surface area contributed by atoms with E-state index in [1.807, 2.05) is 0 Å². The van der Waals surface area contributed by atoms with Crippen molar-refractivity contribution < 1.29 is 14.3 Å². The first-order chi connectivity index (χ1) is 12.7. The quantitative estimate of drug-likeness (QED) is 0.594. The van der Waals surface area contributed by atoms with Crippen LogP contribution in [0.5, 0.6) is 0 Å². The molecule has 3 rings (SSSR count). The largest absolute Gasteiger partial charge is 0.451 e. The zero-order chi connectivity index (χ0) is 18.2. The van der Waals surface area contributed by atoms with Crippen LogP contribution in [0.1, 0.15) is 55.4 Å². The Bertz CT molecular complexity index is 651. The molecule has 140 valence electrons. The Morgan fingerprint density at radius 2 is 1.96 bits per heavy atom. The summed E-state index contributed by atoms with van der Waals surface area (Å²) in [5.41, 5.74) is 1.52. The predicted molar refractivity (Wildman–Crippen MR) is 97.9 cm³/mol. The minimum absolute atomic E-state index is 0.119. The first kappa shape index (κ1) is 18.4. The molecule has 1 amide bonds. The van der Waals surface area contributed by atoms with Crippen molar-refractivity contribution in [2.24, 2.45) is 0 Å². The number of allylic oxidation sites excluding steroid dienone is 1. The fourth-order valence-electron chi connectivity index (χ4n) is 3.30. The molecular formula is C19H26N4O3. The Balaban J connectivity index is 1.37. The summed E-state index contributed by atoms with van der Waals surface area (Å²) in [6.07, 6.45) is 10.2. The Morgan fingerprint density at radius 3 is 2.65 bits per heavy atom. The number of nitrogens with zero attached hydrogens (tertiary/aromatic N) is 3. The molecule has 7 nitrogen and oxygen atoms in total. The third-order valence-electron chi connectivity index (χ3n) is 4.78. The van der Waals surface area contributed by atoms with Gasteiger partial charge in [0.1, 0.15) is 0 Å². The molecule has 0 aromatic carbocycles.